The van der Waals surface area contributed by atoms with E-state index in [-0.39, 0.29) is 6.61 Å². The number of rotatable bonds is 8. The molecular weight excluding hydrogens is 591 g/mol. The highest BCUT2D eigenvalue weighted by Crippen LogP contribution is 2.33. The summed E-state index contributed by atoms with van der Waals surface area (Å²) >= 11 is 2.05. The number of carbonyl (C=O) groups excluding carboxylic acids is 3. The van der Waals surface area contributed by atoms with Crippen LogP contribution in [0.15, 0.2) is 91.0 Å². The monoisotopic (exact) mass is 616 g/mol. The Morgan fingerprint density at radius 3 is 1.59 bits per heavy atom. The third kappa shape index (κ3) is 6.73. The molecule has 1 heterocycles. The van der Waals surface area contributed by atoms with Gasteiger partial charge in [0.1, 0.15) is 16.6 Å². The van der Waals surface area contributed by atoms with E-state index in [0.717, 1.165) is 0 Å². The molecule has 0 aliphatic carbocycles. The highest BCUT2D eigenvalue weighted by molar-refractivity contribution is 14.1. The molecule has 3 aromatic rings. The molecule has 4 rings (SSSR count). The van der Waals surface area contributed by atoms with Crippen LogP contribution < -0.4 is 0 Å². The van der Waals surface area contributed by atoms with E-state index in [1.165, 1.54) is 7.11 Å². The van der Waals surface area contributed by atoms with E-state index >= 15 is 0 Å². The van der Waals surface area contributed by atoms with Crippen LogP contribution in [0.4, 0.5) is 0 Å². The van der Waals surface area contributed by atoms with Crippen molar-refractivity contribution in [1.29, 1.82) is 0 Å². The molecule has 0 unspecified atom stereocenters. The number of hydrogen-bond acceptors (Lipinski definition) is 8. The van der Waals surface area contributed by atoms with E-state index in [1.54, 1.807) is 91.0 Å². The summed E-state index contributed by atoms with van der Waals surface area (Å²) in [5.74, 6) is -1.79. The van der Waals surface area contributed by atoms with Crippen molar-refractivity contribution in [3.05, 3.63) is 108 Å². The summed E-state index contributed by atoms with van der Waals surface area (Å²) in [6.07, 6.45) is -3.83. The van der Waals surface area contributed by atoms with Gasteiger partial charge in [0.15, 0.2) is 18.5 Å². The molecule has 1 aliphatic heterocycles. The van der Waals surface area contributed by atoms with Gasteiger partial charge in [-0.05, 0) is 36.4 Å². The first-order valence-corrected chi connectivity index (χ1v) is 12.8. The van der Waals surface area contributed by atoms with Gasteiger partial charge in [-0.15, -0.1) is 0 Å². The van der Waals surface area contributed by atoms with Crippen LogP contribution in [0, 0.1) is 0 Å². The van der Waals surface area contributed by atoms with Crippen LogP contribution in [0.5, 0.6) is 0 Å². The fourth-order valence-corrected chi connectivity index (χ4v) is 4.83. The van der Waals surface area contributed by atoms with E-state index in [4.69, 9.17) is 23.7 Å². The average molecular weight is 616 g/mol. The van der Waals surface area contributed by atoms with Gasteiger partial charge in [0.2, 0.25) is 0 Å². The van der Waals surface area contributed by atoms with Gasteiger partial charge in [0, 0.05) is 7.11 Å². The van der Waals surface area contributed by atoms with Crippen LogP contribution >= 0.6 is 22.6 Å². The van der Waals surface area contributed by atoms with E-state index < -0.39 is 46.4 Å². The second kappa shape index (κ2) is 12.8. The lowest BCUT2D eigenvalue weighted by Gasteiger charge is -2.42. The molecule has 1 fully saturated rings. The van der Waals surface area contributed by atoms with Gasteiger partial charge in [-0.3, -0.25) is 0 Å². The summed E-state index contributed by atoms with van der Waals surface area (Å²) in [5, 5.41) is 0. The van der Waals surface area contributed by atoms with Crippen LogP contribution in [-0.2, 0) is 23.7 Å². The molecule has 3 aromatic carbocycles. The molecular formula is C28H25IO8. The number of ether oxygens (including phenoxy) is 5. The van der Waals surface area contributed by atoms with Crippen molar-refractivity contribution in [2.24, 2.45) is 0 Å². The zero-order chi connectivity index (χ0) is 26.2. The van der Waals surface area contributed by atoms with Crippen LogP contribution in [0.1, 0.15) is 31.1 Å². The Hall–Kier alpha value is -3.28. The molecule has 0 radical (unpaired) electrons. The smallest absolute Gasteiger partial charge is 0.338 e. The SMILES string of the molecule is CO[C@H]1O[C@H](COC(=O)c2ccccc2)[C@@H](OC(=O)c2ccccc2)[C@H](OC(=O)c2ccccc2)[C@H]1I. The van der Waals surface area contributed by atoms with Crippen molar-refractivity contribution in [1.82, 2.24) is 0 Å². The Bertz CT molecular complexity index is 1190. The topological polar surface area (TPSA) is 97.4 Å². The molecule has 0 N–H and O–H groups in total. The molecule has 1 aliphatic rings. The van der Waals surface area contributed by atoms with E-state index in [2.05, 4.69) is 0 Å². The van der Waals surface area contributed by atoms with Crippen LogP contribution in [0.2, 0.25) is 0 Å². The summed E-state index contributed by atoms with van der Waals surface area (Å²) in [7, 11) is 1.45. The number of halogens is 1. The Morgan fingerprint density at radius 2 is 1.14 bits per heavy atom. The third-order valence-corrected chi connectivity index (χ3v) is 6.99. The van der Waals surface area contributed by atoms with Gasteiger partial charge in [0.05, 0.1) is 16.7 Å². The van der Waals surface area contributed by atoms with Gasteiger partial charge >= 0.3 is 17.9 Å². The number of carbonyl (C=O) groups is 3. The normalized spacial score (nSPS) is 23.0. The standard InChI is InChI=1S/C28H25IO8/c1-33-28-22(29)24(37-27(32)20-15-9-4-10-16-20)23(36-26(31)19-13-7-3-8-14-19)21(35-28)17-34-25(30)18-11-5-2-6-12-18/h2-16,21-24,28H,17H2,1H3/t21-,22-,23-,24-,28+/m1/s1. The maximum atomic E-state index is 13.0. The predicted molar refractivity (Wildman–Crippen MR) is 141 cm³/mol. The zero-order valence-corrected chi connectivity index (χ0v) is 22.1. The summed E-state index contributed by atoms with van der Waals surface area (Å²) in [6, 6.07) is 25.4. The van der Waals surface area contributed by atoms with Crippen LogP contribution in [0.3, 0.4) is 0 Å². The maximum Gasteiger partial charge on any atom is 0.338 e. The summed E-state index contributed by atoms with van der Waals surface area (Å²) in [4.78, 5) is 38.6. The van der Waals surface area contributed by atoms with Gasteiger partial charge in [-0.2, -0.15) is 0 Å². The number of hydrogen-bond donors (Lipinski definition) is 0. The van der Waals surface area contributed by atoms with E-state index in [0.29, 0.717) is 16.7 Å². The second-order valence-corrected chi connectivity index (χ2v) is 9.60. The summed E-state index contributed by atoms with van der Waals surface area (Å²) in [6.45, 7) is -0.261. The lowest BCUT2D eigenvalue weighted by atomic mass is 10.0. The number of methoxy groups -OCH3 is 1. The Kier molecular flexibility index (Phi) is 9.26. The largest absolute Gasteiger partial charge is 0.459 e. The minimum Gasteiger partial charge on any atom is -0.459 e. The molecule has 192 valence electrons. The van der Waals surface area contributed by atoms with Gasteiger partial charge in [-0.25, -0.2) is 14.4 Å². The minimum atomic E-state index is -1.09. The molecule has 8 nitrogen and oxygen atoms in total. The Labute approximate surface area is 228 Å². The lowest BCUT2D eigenvalue weighted by Crippen LogP contribution is -2.60. The first-order valence-electron chi connectivity index (χ1n) is 11.5. The van der Waals surface area contributed by atoms with Gasteiger partial charge < -0.3 is 23.7 Å². The van der Waals surface area contributed by atoms with Crippen molar-refractivity contribution in [2.75, 3.05) is 13.7 Å². The van der Waals surface area contributed by atoms with Gasteiger partial charge in [0.25, 0.3) is 0 Å². The lowest BCUT2D eigenvalue weighted by molar-refractivity contribution is -0.241. The zero-order valence-electron chi connectivity index (χ0n) is 19.9. The fourth-order valence-electron chi connectivity index (χ4n) is 3.81. The number of benzene rings is 3. The van der Waals surface area contributed by atoms with Crippen molar-refractivity contribution in [2.45, 2.75) is 28.5 Å². The predicted octanol–water partition coefficient (Wildman–Crippen LogP) is 4.47. The third-order valence-electron chi connectivity index (χ3n) is 5.70. The molecule has 0 saturated carbocycles. The molecule has 0 amide bonds. The maximum absolute atomic E-state index is 13.0. The van der Waals surface area contributed by atoms with Crippen molar-refractivity contribution in [3.63, 3.8) is 0 Å². The Morgan fingerprint density at radius 1 is 0.703 bits per heavy atom. The summed E-state index contributed by atoms with van der Waals surface area (Å²) in [5.41, 5.74) is 1.01. The average Bonchev–Trinajstić information content (AvgIpc) is 2.95. The van der Waals surface area contributed by atoms with E-state index in [9.17, 15) is 14.4 Å². The number of esters is 3. The first kappa shape index (κ1) is 26.8. The second-order valence-electron chi connectivity index (χ2n) is 8.16. The quantitative estimate of drug-likeness (QED) is 0.158. The molecule has 0 spiro atoms. The highest BCUT2D eigenvalue weighted by Gasteiger charge is 2.50. The molecule has 37 heavy (non-hydrogen) atoms. The fraction of sp³-hybridized carbons (Fsp3) is 0.250. The van der Waals surface area contributed by atoms with Crippen molar-refractivity contribution >= 4 is 40.5 Å². The van der Waals surface area contributed by atoms with Crippen molar-refractivity contribution < 1.29 is 38.1 Å². The summed E-state index contributed by atoms with van der Waals surface area (Å²) < 4.78 is 28.2. The van der Waals surface area contributed by atoms with Crippen LogP contribution in [-0.4, -0.2) is 60.2 Å². The highest BCUT2D eigenvalue weighted by atomic mass is 127. The van der Waals surface area contributed by atoms with Crippen molar-refractivity contribution in [3.8, 4) is 0 Å². The van der Waals surface area contributed by atoms with Crippen LogP contribution in [0.25, 0.3) is 0 Å². The Balaban J connectivity index is 1.60. The minimum absolute atomic E-state index is 0.261. The van der Waals surface area contributed by atoms with Gasteiger partial charge in [-0.1, -0.05) is 77.2 Å². The molecule has 5 atom stereocenters. The number of alkyl halides is 1. The van der Waals surface area contributed by atoms with E-state index in [1.807, 2.05) is 22.6 Å². The molecule has 1 saturated heterocycles. The molecule has 9 heteroatoms. The molecule has 0 bridgehead atoms. The first-order chi connectivity index (χ1) is 18.0. The molecule has 0 aromatic heterocycles.